The van der Waals surface area contributed by atoms with Crippen LogP contribution < -0.4 is 9.47 Å². The van der Waals surface area contributed by atoms with Gasteiger partial charge in [0.2, 0.25) is 6.29 Å². The van der Waals surface area contributed by atoms with Gasteiger partial charge in [0.15, 0.2) is 6.10 Å². The molecule has 1 fully saturated rings. The smallest absolute Gasteiger partial charge is 0.303 e. The van der Waals surface area contributed by atoms with E-state index >= 15 is 0 Å². The van der Waals surface area contributed by atoms with Gasteiger partial charge in [0, 0.05) is 32.4 Å². The molecule has 1 heterocycles. The summed E-state index contributed by atoms with van der Waals surface area (Å²) in [6, 6.07) is 4.73. The topological polar surface area (TPSA) is 127 Å². The molecule has 32 heavy (non-hydrogen) atoms. The lowest BCUT2D eigenvalue weighted by Crippen LogP contribution is -2.54. The number of carbonyl (C=O) groups excluding carboxylic acids is 3. The van der Waals surface area contributed by atoms with Crippen molar-refractivity contribution in [3.05, 3.63) is 23.8 Å². The molecule has 10 nitrogen and oxygen atoms in total. The van der Waals surface area contributed by atoms with Crippen LogP contribution in [0.1, 0.15) is 32.8 Å². The standard InChI is InChI=1S/C22H26O10/c1-5-8-27-18-9-17(7-6-16(18)11-23)31-21-10-19(29-14(3)25)22(30-15(4)26)20(32-21)12-28-13(2)24/h1,6-7,9,19-23H,8,10-12H2,2-4H3/t19-,20-,21-,22+/m1/s1. The van der Waals surface area contributed by atoms with Crippen LogP contribution in [-0.4, -0.2) is 60.8 Å². The molecule has 0 saturated carbocycles. The van der Waals surface area contributed by atoms with Gasteiger partial charge in [-0.1, -0.05) is 5.92 Å². The van der Waals surface area contributed by atoms with E-state index in [1.54, 1.807) is 12.1 Å². The van der Waals surface area contributed by atoms with E-state index in [2.05, 4.69) is 5.92 Å². The Morgan fingerprint density at radius 2 is 1.88 bits per heavy atom. The Balaban J connectivity index is 2.25. The fourth-order valence-electron chi connectivity index (χ4n) is 3.12. The summed E-state index contributed by atoms with van der Waals surface area (Å²) in [6.45, 7) is 3.14. The summed E-state index contributed by atoms with van der Waals surface area (Å²) in [7, 11) is 0. The van der Waals surface area contributed by atoms with Crippen molar-refractivity contribution >= 4 is 17.9 Å². The maximum absolute atomic E-state index is 11.6. The Labute approximate surface area is 185 Å². The summed E-state index contributed by atoms with van der Waals surface area (Å²) in [5.74, 6) is 1.25. The molecule has 0 bridgehead atoms. The largest absolute Gasteiger partial charge is 0.480 e. The predicted octanol–water partition coefficient (Wildman–Crippen LogP) is 1.11. The second-order valence-corrected chi connectivity index (χ2v) is 6.90. The normalized spacial score (nSPS) is 22.2. The zero-order valence-electron chi connectivity index (χ0n) is 18.1. The number of benzene rings is 1. The molecule has 0 aliphatic carbocycles. The van der Waals surface area contributed by atoms with Crippen molar-refractivity contribution in [1.29, 1.82) is 0 Å². The van der Waals surface area contributed by atoms with Gasteiger partial charge in [-0.2, -0.15) is 0 Å². The van der Waals surface area contributed by atoms with Crippen LogP contribution in [0.5, 0.6) is 11.5 Å². The lowest BCUT2D eigenvalue weighted by molar-refractivity contribution is -0.245. The SMILES string of the molecule is C#CCOc1cc(O[C@H]2C[C@@H](OC(C)=O)[C@H](OC(C)=O)[C@@H](COC(C)=O)O2)ccc1CO. The van der Waals surface area contributed by atoms with E-state index < -0.39 is 42.5 Å². The van der Waals surface area contributed by atoms with Gasteiger partial charge in [0.25, 0.3) is 0 Å². The maximum atomic E-state index is 11.6. The lowest BCUT2D eigenvalue weighted by atomic mass is 10.0. The molecule has 0 amide bonds. The Morgan fingerprint density at radius 3 is 2.47 bits per heavy atom. The first-order chi connectivity index (χ1) is 15.2. The van der Waals surface area contributed by atoms with Crippen LogP contribution in [-0.2, 0) is 39.9 Å². The zero-order chi connectivity index (χ0) is 23.7. The van der Waals surface area contributed by atoms with Gasteiger partial charge < -0.3 is 33.5 Å². The highest BCUT2D eigenvalue weighted by Crippen LogP contribution is 2.31. The zero-order valence-corrected chi connectivity index (χ0v) is 18.1. The number of terminal acetylenes is 1. The first kappa shape index (κ1) is 25.0. The first-order valence-electron chi connectivity index (χ1n) is 9.83. The molecule has 1 saturated heterocycles. The second kappa shape index (κ2) is 11.9. The van der Waals surface area contributed by atoms with Crippen LogP contribution in [0.25, 0.3) is 0 Å². The Morgan fingerprint density at radius 1 is 1.16 bits per heavy atom. The van der Waals surface area contributed by atoms with Crippen LogP contribution in [0.4, 0.5) is 0 Å². The minimum Gasteiger partial charge on any atom is -0.480 e. The van der Waals surface area contributed by atoms with Crippen LogP contribution in [0, 0.1) is 12.3 Å². The van der Waals surface area contributed by atoms with Gasteiger partial charge in [-0.25, -0.2) is 0 Å². The number of esters is 3. The monoisotopic (exact) mass is 450 g/mol. The molecular formula is C22H26O10. The molecule has 10 heteroatoms. The van der Waals surface area contributed by atoms with Crippen molar-refractivity contribution in [2.45, 2.75) is 58.4 Å². The number of aliphatic hydroxyl groups is 1. The summed E-state index contributed by atoms with van der Waals surface area (Å²) >= 11 is 0. The summed E-state index contributed by atoms with van der Waals surface area (Å²) in [5, 5.41) is 9.46. The average Bonchev–Trinajstić information content (AvgIpc) is 2.72. The van der Waals surface area contributed by atoms with Gasteiger partial charge in [0.1, 0.15) is 36.9 Å². The van der Waals surface area contributed by atoms with Crippen molar-refractivity contribution in [3.63, 3.8) is 0 Å². The number of hydrogen-bond donors (Lipinski definition) is 1. The second-order valence-electron chi connectivity index (χ2n) is 6.90. The van der Waals surface area contributed by atoms with Crippen molar-refractivity contribution < 1.29 is 47.9 Å². The van der Waals surface area contributed by atoms with E-state index in [-0.39, 0.29) is 26.2 Å². The van der Waals surface area contributed by atoms with Crippen LogP contribution >= 0.6 is 0 Å². The fraction of sp³-hybridized carbons (Fsp3) is 0.500. The molecule has 1 aromatic rings. The molecule has 0 spiro atoms. The molecule has 174 valence electrons. The highest BCUT2D eigenvalue weighted by Gasteiger charge is 2.44. The van der Waals surface area contributed by atoms with Crippen molar-refractivity contribution in [1.82, 2.24) is 0 Å². The van der Waals surface area contributed by atoms with E-state index in [0.717, 1.165) is 0 Å². The number of carbonyl (C=O) groups is 3. The van der Waals surface area contributed by atoms with Crippen molar-refractivity contribution in [2.75, 3.05) is 13.2 Å². The predicted molar refractivity (Wildman–Crippen MR) is 108 cm³/mol. The lowest BCUT2D eigenvalue weighted by Gasteiger charge is -2.39. The average molecular weight is 450 g/mol. The summed E-state index contributed by atoms with van der Waals surface area (Å²) in [5.41, 5.74) is 0.512. The van der Waals surface area contributed by atoms with Crippen molar-refractivity contribution in [3.8, 4) is 23.8 Å². The summed E-state index contributed by atoms with van der Waals surface area (Å²) in [4.78, 5) is 34.5. The van der Waals surface area contributed by atoms with E-state index in [0.29, 0.717) is 17.1 Å². The molecule has 0 aromatic heterocycles. The Bertz CT molecular complexity index is 859. The highest BCUT2D eigenvalue weighted by atomic mass is 16.7. The molecular weight excluding hydrogens is 424 g/mol. The van der Waals surface area contributed by atoms with Crippen molar-refractivity contribution in [2.24, 2.45) is 0 Å². The molecule has 1 aromatic carbocycles. The molecule has 4 atom stereocenters. The first-order valence-corrected chi connectivity index (χ1v) is 9.83. The quantitative estimate of drug-likeness (QED) is 0.332. The van der Waals surface area contributed by atoms with Crippen LogP contribution in [0.2, 0.25) is 0 Å². The Hall–Kier alpha value is -3.29. The third kappa shape index (κ3) is 7.44. The number of ether oxygens (including phenoxy) is 6. The third-order valence-electron chi connectivity index (χ3n) is 4.34. The maximum Gasteiger partial charge on any atom is 0.303 e. The van der Waals surface area contributed by atoms with Crippen LogP contribution in [0.3, 0.4) is 0 Å². The Kier molecular flexibility index (Phi) is 9.31. The van der Waals surface area contributed by atoms with E-state index in [1.807, 2.05) is 0 Å². The van der Waals surface area contributed by atoms with E-state index in [9.17, 15) is 19.5 Å². The van der Waals surface area contributed by atoms with Gasteiger partial charge >= 0.3 is 17.9 Å². The molecule has 1 N–H and O–H groups in total. The molecule has 2 rings (SSSR count). The number of hydrogen-bond acceptors (Lipinski definition) is 10. The number of aliphatic hydroxyl groups excluding tert-OH is 1. The fourth-order valence-corrected chi connectivity index (χ4v) is 3.12. The van der Waals surface area contributed by atoms with Gasteiger partial charge in [-0.15, -0.1) is 6.42 Å². The highest BCUT2D eigenvalue weighted by molar-refractivity contribution is 5.67. The molecule has 1 aliphatic heterocycles. The summed E-state index contributed by atoms with van der Waals surface area (Å²) < 4.78 is 32.8. The minimum atomic E-state index is -0.998. The van der Waals surface area contributed by atoms with E-state index in [1.165, 1.54) is 26.8 Å². The van der Waals surface area contributed by atoms with Gasteiger partial charge in [-0.3, -0.25) is 14.4 Å². The van der Waals surface area contributed by atoms with Crippen LogP contribution in [0.15, 0.2) is 18.2 Å². The molecule has 1 aliphatic rings. The third-order valence-corrected chi connectivity index (χ3v) is 4.34. The van der Waals surface area contributed by atoms with E-state index in [4.69, 9.17) is 34.8 Å². The van der Waals surface area contributed by atoms with Gasteiger partial charge in [-0.05, 0) is 12.1 Å². The molecule has 0 unspecified atom stereocenters. The number of rotatable bonds is 9. The molecule has 0 radical (unpaired) electrons. The van der Waals surface area contributed by atoms with Gasteiger partial charge in [0.05, 0.1) is 13.0 Å². The minimum absolute atomic E-state index is 0.000563. The summed E-state index contributed by atoms with van der Waals surface area (Å²) in [6.07, 6.45) is 1.48.